The largest absolute Gasteiger partial charge is 0.389 e. The van der Waals surface area contributed by atoms with Crippen LogP contribution in [0.1, 0.15) is 23.7 Å². The number of thiocarbonyl (C=S) groups is 1. The highest BCUT2D eigenvalue weighted by atomic mass is 32.2. The van der Waals surface area contributed by atoms with Gasteiger partial charge in [0, 0.05) is 28.9 Å². The second-order valence-electron chi connectivity index (χ2n) is 3.86. The first kappa shape index (κ1) is 15.0. The number of aromatic nitrogens is 2. The van der Waals surface area contributed by atoms with E-state index < -0.39 is 10.8 Å². The molecule has 1 aromatic rings. The Labute approximate surface area is 115 Å². The molecule has 0 spiro atoms. The molecule has 5 nitrogen and oxygen atoms in total. The number of rotatable bonds is 6. The highest BCUT2D eigenvalue weighted by molar-refractivity contribution is 7.84. The van der Waals surface area contributed by atoms with Crippen LogP contribution >= 0.6 is 12.2 Å². The van der Waals surface area contributed by atoms with Crippen LogP contribution in [-0.4, -0.2) is 37.4 Å². The van der Waals surface area contributed by atoms with Crippen LogP contribution in [0.4, 0.5) is 5.82 Å². The molecule has 1 heterocycles. The minimum absolute atomic E-state index is 0.296. The molecule has 0 radical (unpaired) electrons. The minimum atomic E-state index is -0.802. The van der Waals surface area contributed by atoms with Crippen LogP contribution in [0.15, 0.2) is 0 Å². The van der Waals surface area contributed by atoms with Crippen LogP contribution in [-0.2, 0) is 10.8 Å². The van der Waals surface area contributed by atoms with Crippen molar-refractivity contribution in [1.82, 2.24) is 10.2 Å². The minimum Gasteiger partial charge on any atom is -0.389 e. The monoisotopic (exact) mass is 286 g/mol. The molecule has 7 heteroatoms. The van der Waals surface area contributed by atoms with Crippen molar-refractivity contribution in [2.75, 3.05) is 23.4 Å². The Morgan fingerprint density at radius 3 is 2.67 bits per heavy atom. The molecule has 0 saturated carbocycles. The number of nitrogens with two attached hydrogens (primary N) is 1. The molecule has 18 heavy (non-hydrogen) atoms. The third kappa shape index (κ3) is 3.71. The van der Waals surface area contributed by atoms with Crippen molar-refractivity contribution in [2.45, 2.75) is 20.8 Å². The lowest BCUT2D eigenvalue weighted by Gasteiger charge is -2.12. The third-order valence-corrected chi connectivity index (χ3v) is 4.15. The Morgan fingerprint density at radius 2 is 2.11 bits per heavy atom. The van der Waals surface area contributed by atoms with E-state index in [0.717, 1.165) is 16.8 Å². The molecule has 1 aromatic heterocycles. The summed E-state index contributed by atoms with van der Waals surface area (Å²) in [6.07, 6.45) is 0. The predicted molar refractivity (Wildman–Crippen MR) is 79.4 cm³/mol. The zero-order valence-electron chi connectivity index (χ0n) is 10.8. The summed E-state index contributed by atoms with van der Waals surface area (Å²) < 4.78 is 11.3. The summed E-state index contributed by atoms with van der Waals surface area (Å²) in [5.41, 5.74) is 8.16. The Hall–Kier alpha value is -1.08. The normalized spacial score (nSPS) is 12.2. The quantitative estimate of drug-likeness (QED) is 0.757. The Kier molecular flexibility index (Phi) is 5.61. The molecule has 0 aliphatic heterocycles. The first-order valence-corrected chi connectivity index (χ1v) is 7.59. The van der Waals surface area contributed by atoms with Gasteiger partial charge in [-0.1, -0.05) is 19.1 Å². The van der Waals surface area contributed by atoms with Crippen molar-refractivity contribution in [3.8, 4) is 0 Å². The average Bonchev–Trinajstić information content (AvgIpc) is 2.33. The van der Waals surface area contributed by atoms with Gasteiger partial charge >= 0.3 is 0 Å². The molecule has 1 atom stereocenters. The van der Waals surface area contributed by atoms with Gasteiger partial charge in [-0.05, 0) is 19.4 Å². The van der Waals surface area contributed by atoms with Crippen LogP contribution in [0.5, 0.6) is 0 Å². The Morgan fingerprint density at radius 1 is 1.44 bits per heavy atom. The summed E-state index contributed by atoms with van der Waals surface area (Å²) in [6.45, 7) is 6.23. The van der Waals surface area contributed by atoms with E-state index >= 15 is 0 Å². The molecule has 3 N–H and O–H groups in total. The van der Waals surface area contributed by atoms with E-state index in [0.29, 0.717) is 28.9 Å². The van der Waals surface area contributed by atoms with E-state index in [-0.39, 0.29) is 0 Å². The Bertz CT molecular complexity index is 476. The maximum atomic E-state index is 11.3. The van der Waals surface area contributed by atoms with Crippen molar-refractivity contribution in [3.05, 3.63) is 16.8 Å². The van der Waals surface area contributed by atoms with E-state index in [1.807, 2.05) is 20.8 Å². The molecule has 0 amide bonds. The number of aryl methyl sites for hydroxylation is 1. The van der Waals surface area contributed by atoms with Gasteiger partial charge in [0.1, 0.15) is 4.99 Å². The molecule has 1 rings (SSSR count). The molecule has 1 unspecified atom stereocenters. The van der Waals surface area contributed by atoms with E-state index in [9.17, 15) is 4.21 Å². The standard InChI is InChI=1S/C11H18N4OS2/c1-4-18(16)6-5-13-11-9(10(12)17)7(2)8(3)14-15-11/h4-6H2,1-3H3,(H2,12,17)(H,13,15). The SMILES string of the molecule is CCS(=O)CCNc1nnc(C)c(C)c1C(N)=S. The maximum absolute atomic E-state index is 11.3. The van der Waals surface area contributed by atoms with Crippen LogP contribution in [0.2, 0.25) is 0 Å². The fraction of sp³-hybridized carbons (Fsp3) is 0.545. The Balaban J connectivity index is 2.86. The van der Waals surface area contributed by atoms with Gasteiger partial charge in [0.05, 0.1) is 11.3 Å². The van der Waals surface area contributed by atoms with Crippen molar-refractivity contribution < 1.29 is 4.21 Å². The van der Waals surface area contributed by atoms with E-state index in [1.54, 1.807) is 0 Å². The van der Waals surface area contributed by atoms with Gasteiger partial charge in [0.15, 0.2) is 5.82 Å². The maximum Gasteiger partial charge on any atom is 0.159 e. The summed E-state index contributed by atoms with van der Waals surface area (Å²) in [5, 5.41) is 11.2. The molecule has 0 aliphatic rings. The lowest BCUT2D eigenvalue weighted by atomic mass is 10.1. The lowest BCUT2D eigenvalue weighted by Crippen LogP contribution is -2.20. The van der Waals surface area contributed by atoms with Crippen molar-refractivity contribution in [3.63, 3.8) is 0 Å². The number of hydrogen-bond acceptors (Lipinski definition) is 5. The summed E-state index contributed by atoms with van der Waals surface area (Å²) in [5.74, 6) is 1.79. The molecular weight excluding hydrogens is 268 g/mol. The highest BCUT2D eigenvalue weighted by Gasteiger charge is 2.13. The number of hydrogen-bond donors (Lipinski definition) is 2. The van der Waals surface area contributed by atoms with Crippen LogP contribution in [0.25, 0.3) is 0 Å². The van der Waals surface area contributed by atoms with Crippen LogP contribution in [0.3, 0.4) is 0 Å². The first-order valence-electron chi connectivity index (χ1n) is 5.69. The fourth-order valence-electron chi connectivity index (χ4n) is 1.46. The molecule has 0 aromatic carbocycles. The molecule has 100 valence electrons. The second-order valence-corrected chi connectivity index (χ2v) is 6.16. The van der Waals surface area contributed by atoms with Crippen molar-refractivity contribution >= 4 is 33.8 Å². The predicted octanol–water partition coefficient (Wildman–Crippen LogP) is 0.908. The molecule has 0 saturated heterocycles. The zero-order valence-corrected chi connectivity index (χ0v) is 12.5. The van der Waals surface area contributed by atoms with E-state index in [2.05, 4.69) is 15.5 Å². The zero-order chi connectivity index (χ0) is 13.7. The summed E-state index contributed by atoms with van der Waals surface area (Å²) in [7, 11) is -0.802. The van der Waals surface area contributed by atoms with Gasteiger partial charge in [-0.15, -0.1) is 5.10 Å². The lowest BCUT2D eigenvalue weighted by molar-refractivity contribution is 0.684. The molecular formula is C11H18N4OS2. The van der Waals surface area contributed by atoms with E-state index in [1.165, 1.54) is 0 Å². The van der Waals surface area contributed by atoms with Gasteiger partial charge in [-0.2, -0.15) is 5.10 Å². The van der Waals surface area contributed by atoms with Gasteiger partial charge in [-0.3, -0.25) is 4.21 Å². The van der Waals surface area contributed by atoms with Crippen molar-refractivity contribution in [2.24, 2.45) is 5.73 Å². The number of nitrogens with zero attached hydrogens (tertiary/aromatic N) is 2. The number of nitrogens with one attached hydrogen (secondary N) is 1. The highest BCUT2D eigenvalue weighted by Crippen LogP contribution is 2.17. The molecule has 0 bridgehead atoms. The number of anilines is 1. The third-order valence-electron chi connectivity index (χ3n) is 2.65. The van der Waals surface area contributed by atoms with Gasteiger partial charge in [-0.25, -0.2) is 0 Å². The topological polar surface area (TPSA) is 80.9 Å². The summed E-state index contributed by atoms with van der Waals surface area (Å²) in [4.78, 5) is 0.296. The van der Waals surface area contributed by atoms with Gasteiger partial charge in [0.2, 0.25) is 0 Å². The smallest absolute Gasteiger partial charge is 0.159 e. The van der Waals surface area contributed by atoms with Crippen LogP contribution < -0.4 is 11.1 Å². The summed E-state index contributed by atoms with van der Waals surface area (Å²) in [6, 6.07) is 0. The van der Waals surface area contributed by atoms with Crippen molar-refractivity contribution in [1.29, 1.82) is 0 Å². The fourth-order valence-corrected chi connectivity index (χ4v) is 2.33. The first-order chi connectivity index (χ1) is 8.47. The van der Waals surface area contributed by atoms with E-state index in [4.69, 9.17) is 18.0 Å². The summed E-state index contributed by atoms with van der Waals surface area (Å²) >= 11 is 5.03. The second kappa shape index (κ2) is 6.75. The molecule has 0 fully saturated rings. The average molecular weight is 286 g/mol. The van der Waals surface area contributed by atoms with Gasteiger partial charge < -0.3 is 11.1 Å². The van der Waals surface area contributed by atoms with Gasteiger partial charge in [0.25, 0.3) is 0 Å². The molecule has 0 aliphatic carbocycles. The van der Waals surface area contributed by atoms with Crippen LogP contribution in [0, 0.1) is 13.8 Å².